The number of likely N-dealkylation sites (tertiary alicyclic amines) is 1. The van der Waals surface area contributed by atoms with E-state index in [2.05, 4.69) is 26.5 Å². The van der Waals surface area contributed by atoms with Crippen molar-refractivity contribution >= 4 is 10.2 Å². The Kier molecular flexibility index (Phi) is 6.80. The normalized spacial score (nSPS) is 17.1. The van der Waals surface area contributed by atoms with Crippen LogP contribution in [-0.2, 0) is 16.8 Å². The molecule has 3 rings (SSSR count). The predicted octanol–water partition coefficient (Wildman–Crippen LogP) is 2.84. The third-order valence-electron chi connectivity index (χ3n) is 4.79. The Balaban J connectivity index is 1.62. The lowest BCUT2D eigenvalue weighted by Gasteiger charge is -2.35. The molecule has 2 N–H and O–H groups in total. The molecule has 0 spiro atoms. The summed E-state index contributed by atoms with van der Waals surface area (Å²) < 4.78 is 30.1. The molecule has 1 atom stereocenters. The molecule has 6 heteroatoms. The van der Waals surface area contributed by atoms with Crippen molar-refractivity contribution < 1.29 is 8.42 Å². The summed E-state index contributed by atoms with van der Waals surface area (Å²) in [5.74, 6) is 0. The fraction of sp³-hybridized carbons (Fsp3) is 0.400. The fourth-order valence-electron chi connectivity index (χ4n) is 3.38. The zero-order chi connectivity index (χ0) is 18.2. The lowest BCUT2D eigenvalue weighted by atomic mass is 10.0. The molecule has 1 unspecified atom stereocenters. The van der Waals surface area contributed by atoms with E-state index in [1.807, 2.05) is 48.5 Å². The largest absolute Gasteiger partial charge is 0.295 e. The van der Waals surface area contributed by atoms with E-state index in [0.29, 0.717) is 6.54 Å². The first-order valence-electron chi connectivity index (χ1n) is 9.21. The van der Waals surface area contributed by atoms with Crippen molar-refractivity contribution in [2.45, 2.75) is 31.8 Å². The molecule has 1 fully saturated rings. The summed E-state index contributed by atoms with van der Waals surface area (Å²) in [6.07, 6.45) is 3.59. The van der Waals surface area contributed by atoms with E-state index >= 15 is 0 Å². The van der Waals surface area contributed by atoms with E-state index in [-0.39, 0.29) is 12.6 Å². The Labute approximate surface area is 156 Å². The zero-order valence-electron chi connectivity index (χ0n) is 15.0. The van der Waals surface area contributed by atoms with E-state index in [9.17, 15) is 8.42 Å². The van der Waals surface area contributed by atoms with Gasteiger partial charge in [0.25, 0.3) is 10.2 Å². The van der Waals surface area contributed by atoms with Gasteiger partial charge in [0.1, 0.15) is 0 Å². The van der Waals surface area contributed by atoms with Gasteiger partial charge >= 0.3 is 0 Å². The molecule has 2 aromatic rings. The molecule has 0 aromatic heterocycles. The lowest BCUT2D eigenvalue weighted by molar-refractivity contribution is 0.164. The van der Waals surface area contributed by atoms with Crippen molar-refractivity contribution in [2.24, 2.45) is 0 Å². The minimum Gasteiger partial charge on any atom is -0.295 e. The standard InChI is InChI=1S/C20H27N3O2S/c24-26(25,21-16-18-10-4-1-5-11-18)22-17-20(19-12-6-2-7-13-19)23-14-8-3-9-15-23/h1-2,4-7,10-13,20-22H,3,8-9,14-17H2. The first-order chi connectivity index (χ1) is 12.6. The van der Waals surface area contributed by atoms with Crippen LogP contribution in [0.25, 0.3) is 0 Å². The molecule has 1 heterocycles. The van der Waals surface area contributed by atoms with Crippen LogP contribution in [0.15, 0.2) is 60.7 Å². The van der Waals surface area contributed by atoms with Crippen molar-refractivity contribution in [3.8, 4) is 0 Å². The van der Waals surface area contributed by atoms with Crippen molar-refractivity contribution in [3.05, 3.63) is 71.8 Å². The zero-order valence-corrected chi connectivity index (χ0v) is 15.8. The SMILES string of the molecule is O=S(=O)(NCc1ccccc1)NCC(c1ccccc1)N1CCCCC1. The molecule has 140 valence electrons. The molecule has 0 bridgehead atoms. The van der Waals surface area contributed by atoms with Crippen molar-refractivity contribution in [1.29, 1.82) is 0 Å². The molecular weight excluding hydrogens is 346 g/mol. The van der Waals surface area contributed by atoms with Gasteiger partial charge in [-0.15, -0.1) is 0 Å². The molecule has 1 aliphatic rings. The maximum absolute atomic E-state index is 12.4. The summed E-state index contributed by atoms with van der Waals surface area (Å²) in [5.41, 5.74) is 2.09. The van der Waals surface area contributed by atoms with Gasteiger partial charge in [-0.25, -0.2) is 4.72 Å². The molecular formula is C20H27N3O2S. The number of benzene rings is 2. The number of piperidine rings is 1. The minimum atomic E-state index is -3.55. The number of hydrogen-bond donors (Lipinski definition) is 2. The maximum Gasteiger partial charge on any atom is 0.277 e. The summed E-state index contributed by atoms with van der Waals surface area (Å²) in [6.45, 7) is 2.68. The smallest absolute Gasteiger partial charge is 0.277 e. The highest BCUT2D eigenvalue weighted by atomic mass is 32.2. The fourth-order valence-corrected chi connectivity index (χ4v) is 4.21. The number of nitrogens with one attached hydrogen (secondary N) is 2. The van der Waals surface area contributed by atoms with Crippen molar-refractivity contribution in [3.63, 3.8) is 0 Å². The van der Waals surface area contributed by atoms with E-state index in [0.717, 1.165) is 24.2 Å². The third-order valence-corrected chi connectivity index (χ3v) is 5.86. The second-order valence-corrected chi connectivity index (χ2v) is 8.27. The topological polar surface area (TPSA) is 61.4 Å². The summed E-state index contributed by atoms with van der Waals surface area (Å²) in [6, 6.07) is 19.7. The Hall–Kier alpha value is -1.73. The maximum atomic E-state index is 12.4. The lowest BCUT2D eigenvalue weighted by Crippen LogP contribution is -2.43. The van der Waals surface area contributed by atoms with E-state index < -0.39 is 10.2 Å². The first-order valence-corrected chi connectivity index (χ1v) is 10.7. The van der Waals surface area contributed by atoms with Gasteiger partial charge in [0.05, 0.1) is 0 Å². The Bertz CT molecular complexity index is 760. The average Bonchev–Trinajstić information content (AvgIpc) is 2.69. The molecule has 0 amide bonds. The van der Waals surface area contributed by atoms with E-state index in [4.69, 9.17) is 0 Å². The monoisotopic (exact) mass is 373 g/mol. The predicted molar refractivity (Wildman–Crippen MR) is 105 cm³/mol. The van der Waals surface area contributed by atoms with Gasteiger partial charge in [0.15, 0.2) is 0 Å². The van der Waals surface area contributed by atoms with Gasteiger partial charge in [-0.05, 0) is 37.1 Å². The van der Waals surface area contributed by atoms with E-state index in [1.54, 1.807) is 0 Å². The second kappa shape index (κ2) is 9.28. The van der Waals surface area contributed by atoms with Crippen LogP contribution in [0, 0.1) is 0 Å². The average molecular weight is 374 g/mol. The number of nitrogens with zero attached hydrogens (tertiary/aromatic N) is 1. The van der Waals surface area contributed by atoms with Crippen LogP contribution in [0.3, 0.4) is 0 Å². The number of rotatable bonds is 8. The summed E-state index contributed by atoms with van der Waals surface area (Å²) >= 11 is 0. The molecule has 5 nitrogen and oxygen atoms in total. The molecule has 26 heavy (non-hydrogen) atoms. The molecule has 1 saturated heterocycles. The molecule has 2 aromatic carbocycles. The van der Waals surface area contributed by atoms with Crippen molar-refractivity contribution in [2.75, 3.05) is 19.6 Å². The Morgan fingerprint density at radius 1 is 0.846 bits per heavy atom. The highest BCUT2D eigenvalue weighted by molar-refractivity contribution is 7.87. The molecule has 0 aliphatic carbocycles. The summed E-state index contributed by atoms with van der Waals surface area (Å²) in [4.78, 5) is 2.39. The van der Waals surface area contributed by atoms with Gasteiger partial charge in [0, 0.05) is 19.1 Å². The third kappa shape index (κ3) is 5.64. The van der Waals surface area contributed by atoms with Crippen LogP contribution >= 0.6 is 0 Å². The van der Waals surface area contributed by atoms with Crippen LogP contribution in [0.4, 0.5) is 0 Å². The quantitative estimate of drug-likeness (QED) is 0.748. The highest BCUT2D eigenvalue weighted by Gasteiger charge is 2.23. The Morgan fingerprint density at radius 3 is 2.12 bits per heavy atom. The highest BCUT2D eigenvalue weighted by Crippen LogP contribution is 2.24. The van der Waals surface area contributed by atoms with Crippen LogP contribution < -0.4 is 9.44 Å². The molecule has 0 radical (unpaired) electrons. The number of hydrogen-bond acceptors (Lipinski definition) is 3. The van der Waals surface area contributed by atoms with Crippen LogP contribution in [-0.4, -0.2) is 33.0 Å². The molecule has 0 saturated carbocycles. The van der Waals surface area contributed by atoms with Crippen LogP contribution in [0.2, 0.25) is 0 Å². The van der Waals surface area contributed by atoms with Gasteiger partial charge in [-0.1, -0.05) is 67.1 Å². The second-order valence-electron chi connectivity index (χ2n) is 6.68. The van der Waals surface area contributed by atoms with E-state index in [1.165, 1.54) is 19.3 Å². The Morgan fingerprint density at radius 2 is 1.46 bits per heavy atom. The molecule has 1 aliphatic heterocycles. The van der Waals surface area contributed by atoms with Crippen LogP contribution in [0.5, 0.6) is 0 Å². The van der Waals surface area contributed by atoms with Crippen LogP contribution in [0.1, 0.15) is 36.4 Å². The van der Waals surface area contributed by atoms with Gasteiger partial charge in [-0.2, -0.15) is 13.1 Å². The van der Waals surface area contributed by atoms with Crippen molar-refractivity contribution in [1.82, 2.24) is 14.3 Å². The van der Waals surface area contributed by atoms with Gasteiger partial charge < -0.3 is 0 Å². The van der Waals surface area contributed by atoms with Gasteiger partial charge in [0.2, 0.25) is 0 Å². The minimum absolute atomic E-state index is 0.0600. The first kappa shape index (κ1) is 19.0. The van der Waals surface area contributed by atoms with Gasteiger partial charge in [-0.3, -0.25) is 4.90 Å². The summed E-state index contributed by atoms with van der Waals surface area (Å²) in [7, 11) is -3.55. The summed E-state index contributed by atoms with van der Waals surface area (Å²) in [5, 5.41) is 0.